The van der Waals surface area contributed by atoms with Crippen LogP contribution < -0.4 is 4.74 Å². The van der Waals surface area contributed by atoms with E-state index in [0.717, 1.165) is 0 Å². The molecule has 0 amide bonds. The summed E-state index contributed by atoms with van der Waals surface area (Å²) in [4.78, 5) is 18.2. The number of methoxy groups -OCH3 is 1. The van der Waals surface area contributed by atoms with Gasteiger partial charge in [0, 0.05) is 11.8 Å². The molecule has 0 bridgehead atoms. The fraction of sp³-hybridized carbons (Fsp3) is 0.375. The van der Waals surface area contributed by atoms with Crippen molar-refractivity contribution in [3.05, 3.63) is 17.5 Å². The maximum Gasteiger partial charge on any atom is 0.355 e. The summed E-state index contributed by atoms with van der Waals surface area (Å²) in [5.74, 6) is -1.06. The van der Waals surface area contributed by atoms with Crippen molar-refractivity contribution in [3.8, 4) is 6.01 Å². The van der Waals surface area contributed by atoms with Gasteiger partial charge in [-0.05, 0) is 6.42 Å². The molecule has 1 aromatic rings. The molecule has 0 radical (unpaired) electrons. The largest absolute Gasteiger partial charge is 0.476 e. The van der Waals surface area contributed by atoms with E-state index >= 15 is 0 Å². The van der Waals surface area contributed by atoms with Crippen molar-refractivity contribution in [2.24, 2.45) is 0 Å². The van der Waals surface area contributed by atoms with Gasteiger partial charge in [-0.15, -0.1) is 0 Å². The quantitative estimate of drug-likeness (QED) is 0.746. The molecule has 0 spiro atoms. The Hall–Kier alpha value is -1.65. The first-order valence-corrected chi connectivity index (χ1v) is 3.82. The Labute approximate surface area is 75.4 Å². The van der Waals surface area contributed by atoms with Crippen molar-refractivity contribution in [1.82, 2.24) is 9.97 Å². The van der Waals surface area contributed by atoms with Crippen LogP contribution in [0.3, 0.4) is 0 Å². The van der Waals surface area contributed by atoms with Crippen molar-refractivity contribution in [1.29, 1.82) is 0 Å². The van der Waals surface area contributed by atoms with Gasteiger partial charge < -0.3 is 9.84 Å². The van der Waals surface area contributed by atoms with Crippen LogP contribution in [0.15, 0.2) is 6.20 Å². The highest BCUT2D eigenvalue weighted by molar-refractivity contribution is 5.87. The van der Waals surface area contributed by atoms with E-state index in [1.54, 1.807) is 0 Å². The average Bonchev–Trinajstić information content (AvgIpc) is 2.16. The van der Waals surface area contributed by atoms with Crippen molar-refractivity contribution < 1.29 is 14.6 Å². The maximum absolute atomic E-state index is 10.7. The number of ether oxygens (including phenoxy) is 1. The molecule has 5 nitrogen and oxygen atoms in total. The lowest BCUT2D eigenvalue weighted by Crippen LogP contribution is -2.07. The first kappa shape index (κ1) is 9.44. The minimum Gasteiger partial charge on any atom is -0.476 e. The van der Waals surface area contributed by atoms with Crippen molar-refractivity contribution in [2.75, 3.05) is 7.11 Å². The summed E-state index contributed by atoms with van der Waals surface area (Å²) in [6, 6.07) is 0.0783. The minimum atomic E-state index is -1.06. The van der Waals surface area contributed by atoms with E-state index < -0.39 is 5.97 Å². The van der Waals surface area contributed by atoms with Crippen LogP contribution in [0, 0.1) is 0 Å². The zero-order chi connectivity index (χ0) is 9.84. The van der Waals surface area contributed by atoms with Gasteiger partial charge >= 0.3 is 12.0 Å². The molecule has 0 aliphatic heterocycles. The van der Waals surface area contributed by atoms with Crippen LogP contribution in [-0.4, -0.2) is 28.2 Å². The van der Waals surface area contributed by atoms with Crippen LogP contribution in [0.4, 0.5) is 0 Å². The molecule has 0 saturated carbocycles. The van der Waals surface area contributed by atoms with Crippen LogP contribution in [-0.2, 0) is 6.42 Å². The van der Waals surface area contributed by atoms with E-state index in [-0.39, 0.29) is 11.7 Å². The third-order valence-corrected chi connectivity index (χ3v) is 1.61. The fourth-order valence-electron chi connectivity index (χ4n) is 0.933. The Bertz CT molecular complexity index is 325. The number of aromatic nitrogens is 2. The number of carboxylic acids is 1. The summed E-state index contributed by atoms with van der Waals surface area (Å²) in [7, 11) is 1.40. The lowest BCUT2D eigenvalue weighted by atomic mass is 10.2. The SMILES string of the molecule is CCc1cnc(OC)nc1C(=O)O. The van der Waals surface area contributed by atoms with E-state index in [9.17, 15) is 4.79 Å². The van der Waals surface area contributed by atoms with E-state index in [1.807, 2.05) is 6.92 Å². The topological polar surface area (TPSA) is 72.3 Å². The van der Waals surface area contributed by atoms with Gasteiger partial charge in [0.2, 0.25) is 0 Å². The summed E-state index contributed by atoms with van der Waals surface area (Å²) in [5, 5.41) is 8.77. The molecule has 1 N–H and O–H groups in total. The summed E-state index contributed by atoms with van der Waals surface area (Å²) in [6.45, 7) is 1.84. The summed E-state index contributed by atoms with van der Waals surface area (Å²) in [6.07, 6.45) is 2.06. The first-order chi connectivity index (χ1) is 6.19. The Morgan fingerprint density at radius 2 is 2.38 bits per heavy atom. The van der Waals surface area contributed by atoms with Gasteiger partial charge in [0.25, 0.3) is 0 Å². The summed E-state index contributed by atoms with van der Waals surface area (Å²) in [5.41, 5.74) is 0.614. The maximum atomic E-state index is 10.7. The van der Waals surface area contributed by atoms with Gasteiger partial charge in [0.1, 0.15) is 0 Å². The van der Waals surface area contributed by atoms with Crippen molar-refractivity contribution in [2.45, 2.75) is 13.3 Å². The molecule has 0 aliphatic carbocycles. The standard InChI is InChI=1S/C8H10N2O3/c1-3-5-4-9-8(13-2)10-6(5)7(11)12/h4H,3H2,1-2H3,(H,11,12). The predicted octanol–water partition coefficient (Wildman–Crippen LogP) is 0.746. The number of hydrogen-bond donors (Lipinski definition) is 1. The second-order valence-corrected chi connectivity index (χ2v) is 2.39. The number of rotatable bonds is 3. The third-order valence-electron chi connectivity index (χ3n) is 1.61. The zero-order valence-corrected chi connectivity index (χ0v) is 7.44. The lowest BCUT2D eigenvalue weighted by Gasteiger charge is -2.03. The van der Waals surface area contributed by atoms with E-state index in [4.69, 9.17) is 9.84 Å². The summed E-state index contributed by atoms with van der Waals surface area (Å²) >= 11 is 0. The molecule has 0 fully saturated rings. The minimum absolute atomic E-state index is 0.00866. The highest BCUT2D eigenvalue weighted by atomic mass is 16.5. The molecular weight excluding hydrogens is 172 g/mol. The van der Waals surface area contributed by atoms with Crippen LogP contribution in [0.1, 0.15) is 23.0 Å². The number of hydrogen-bond acceptors (Lipinski definition) is 4. The number of nitrogens with zero attached hydrogens (tertiary/aromatic N) is 2. The zero-order valence-electron chi connectivity index (χ0n) is 7.44. The third kappa shape index (κ3) is 1.93. The average molecular weight is 182 g/mol. The van der Waals surface area contributed by atoms with Gasteiger partial charge in [-0.2, -0.15) is 4.98 Å². The Kier molecular flexibility index (Phi) is 2.79. The molecule has 70 valence electrons. The predicted molar refractivity (Wildman–Crippen MR) is 44.9 cm³/mol. The van der Waals surface area contributed by atoms with Gasteiger partial charge in [-0.1, -0.05) is 6.92 Å². The van der Waals surface area contributed by atoms with Crippen LogP contribution in [0.25, 0.3) is 0 Å². The Balaban J connectivity index is 3.18. The van der Waals surface area contributed by atoms with E-state index in [1.165, 1.54) is 13.3 Å². The van der Waals surface area contributed by atoms with E-state index in [0.29, 0.717) is 12.0 Å². The van der Waals surface area contributed by atoms with Crippen molar-refractivity contribution in [3.63, 3.8) is 0 Å². The van der Waals surface area contributed by atoms with Gasteiger partial charge in [0.05, 0.1) is 7.11 Å². The number of carbonyl (C=O) groups is 1. The first-order valence-electron chi connectivity index (χ1n) is 3.82. The molecule has 0 aliphatic rings. The number of aryl methyl sites for hydroxylation is 1. The van der Waals surface area contributed by atoms with Crippen LogP contribution in [0.5, 0.6) is 6.01 Å². The Morgan fingerprint density at radius 3 is 2.85 bits per heavy atom. The molecule has 1 rings (SSSR count). The molecule has 0 saturated heterocycles. The Morgan fingerprint density at radius 1 is 1.69 bits per heavy atom. The lowest BCUT2D eigenvalue weighted by molar-refractivity contribution is 0.0687. The van der Waals surface area contributed by atoms with Gasteiger partial charge in [-0.3, -0.25) is 0 Å². The molecular formula is C8H10N2O3. The molecule has 13 heavy (non-hydrogen) atoms. The molecule has 0 atom stereocenters. The summed E-state index contributed by atoms with van der Waals surface area (Å²) < 4.78 is 4.72. The van der Waals surface area contributed by atoms with E-state index in [2.05, 4.69) is 9.97 Å². The normalized spacial score (nSPS) is 9.69. The highest BCUT2D eigenvalue weighted by Gasteiger charge is 2.12. The second kappa shape index (κ2) is 3.84. The highest BCUT2D eigenvalue weighted by Crippen LogP contribution is 2.09. The van der Waals surface area contributed by atoms with Crippen LogP contribution in [0.2, 0.25) is 0 Å². The smallest absolute Gasteiger partial charge is 0.355 e. The second-order valence-electron chi connectivity index (χ2n) is 2.39. The number of aromatic carboxylic acids is 1. The molecule has 1 aromatic heterocycles. The van der Waals surface area contributed by atoms with Gasteiger partial charge in [-0.25, -0.2) is 9.78 Å². The number of carboxylic acid groups (broad SMARTS) is 1. The molecule has 0 unspecified atom stereocenters. The molecule has 5 heteroatoms. The fourth-order valence-corrected chi connectivity index (χ4v) is 0.933. The molecule has 1 heterocycles. The van der Waals surface area contributed by atoms with Crippen molar-refractivity contribution >= 4 is 5.97 Å². The van der Waals surface area contributed by atoms with Gasteiger partial charge in [0.15, 0.2) is 5.69 Å². The van der Waals surface area contributed by atoms with Crippen LogP contribution >= 0.6 is 0 Å². The monoisotopic (exact) mass is 182 g/mol. The molecule has 0 aromatic carbocycles.